The molecule has 1 rings (SSSR count). The Hall–Kier alpha value is -0.880. The summed E-state index contributed by atoms with van der Waals surface area (Å²) >= 11 is 0. The van der Waals surface area contributed by atoms with E-state index in [9.17, 15) is 17.6 Å². The van der Waals surface area contributed by atoms with Crippen LogP contribution in [0.25, 0.3) is 0 Å². The van der Waals surface area contributed by atoms with Crippen molar-refractivity contribution in [2.75, 3.05) is 7.05 Å². The molecule has 0 aromatic heterocycles. The molecule has 0 spiro atoms. The second-order valence-corrected chi connectivity index (χ2v) is 8.50. The van der Waals surface area contributed by atoms with Crippen molar-refractivity contribution in [3.05, 3.63) is 35.1 Å². The molecule has 0 N–H and O–H groups in total. The largest absolute Gasteiger partial charge is 0.416 e. The number of hydrogen-bond acceptors (Lipinski definition) is 1. The minimum atomic E-state index is -4.55. The summed E-state index contributed by atoms with van der Waals surface area (Å²) in [4.78, 5) is 0. The Morgan fingerprint density at radius 1 is 1.14 bits per heavy atom. The van der Waals surface area contributed by atoms with Crippen molar-refractivity contribution < 1.29 is 17.6 Å². The second-order valence-electron chi connectivity index (χ2n) is 5.97. The fraction of sp³-hybridized carbons (Fsp3) is 0.533. The van der Waals surface area contributed by atoms with Crippen molar-refractivity contribution in [2.45, 2.75) is 44.7 Å². The second kappa shape index (κ2) is 6.08. The lowest BCUT2D eigenvalue weighted by atomic mass is 10.0. The molecule has 0 bridgehead atoms. The van der Waals surface area contributed by atoms with Crippen molar-refractivity contribution >= 4 is 16.5 Å². The standard InChI is InChI=1S/C15H21F4NS/c1-10(20(5)21(6)14(2,3)4)11-7-12(15(17,18)19)9-13(16)8-11/h7-10H,6H2,1-5H3/t10-,21-/m0/s1. The molecule has 0 heterocycles. The smallest absolute Gasteiger partial charge is 0.252 e. The Bertz CT molecular complexity index is 531. The number of rotatable bonds is 3. The van der Waals surface area contributed by atoms with Gasteiger partial charge in [0.25, 0.3) is 0 Å². The van der Waals surface area contributed by atoms with E-state index in [1.807, 2.05) is 25.1 Å². The first-order chi connectivity index (χ1) is 9.34. The monoisotopic (exact) mass is 323 g/mol. The van der Waals surface area contributed by atoms with Crippen molar-refractivity contribution in [1.82, 2.24) is 4.31 Å². The van der Waals surface area contributed by atoms with Crippen LogP contribution in [0, 0.1) is 5.82 Å². The third kappa shape index (κ3) is 4.54. The maximum absolute atomic E-state index is 13.5. The van der Waals surface area contributed by atoms with Crippen LogP contribution in [0.1, 0.15) is 44.9 Å². The Morgan fingerprint density at radius 2 is 1.67 bits per heavy atom. The molecule has 120 valence electrons. The third-order valence-electron chi connectivity index (χ3n) is 3.33. The zero-order chi connectivity index (χ0) is 16.6. The topological polar surface area (TPSA) is 3.24 Å². The highest BCUT2D eigenvalue weighted by atomic mass is 32.2. The molecule has 0 aliphatic rings. The molecule has 0 saturated heterocycles. The normalized spacial score (nSPS) is 16.1. The van der Waals surface area contributed by atoms with Crippen LogP contribution < -0.4 is 0 Å². The summed E-state index contributed by atoms with van der Waals surface area (Å²) in [5.41, 5.74) is -0.660. The van der Waals surface area contributed by atoms with Crippen LogP contribution in [0.2, 0.25) is 0 Å². The molecule has 1 aromatic carbocycles. The third-order valence-corrected chi connectivity index (χ3v) is 5.75. The zero-order valence-corrected chi connectivity index (χ0v) is 13.7. The van der Waals surface area contributed by atoms with E-state index >= 15 is 0 Å². The van der Waals surface area contributed by atoms with Crippen LogP contribution in [0.5, 0.6) is 0 Å². The molecule has 6 heteroatoms. The molecule has 1 aromatic rings. The number of halogens is 4. The Morgan fingerprint density at radius 3 is 2.10 bits per heavy atom. The molecule has 0 amide bonds. The lowest BCUT2D eigenvalue weighted by Gasteiger charge is -2.35. The molecule has 2 atom stereocenters. The van der Waals surface area contributed by atoms with Gasteiger partial charge in [-0.2, -0.15) is 13.2 Å². The first-order valence-electron chi connectivity index (χ1n) is 6.48. The van der Waals surface area contributed by atoms with Crippen molar-refractivity contribution in [1.29, 1.82) is 0 Å². The predicted octanol–water partition coefficient (Wildman–Crippen LogP) is 5.25. The van der Waals surface area contributed by atoms with E-state index in [-0.39, 0.29) is 10.8 Å². The van der Waals surface area contributed by atoms with E-state index in [4.69, 9.17) is 0 Å². The minimum absolute atomic E-state index is 0.108. The summed E-state index contributed by atoms with van der Waals surface area (Å²) < 4.78 is 53.6. The SMILES string of the molecule is C=[S@](N(C)[C@@H](C)c1cc(F)cc(C(F)(F)F)c1)C(C)(C)C. The summed E-state index contributed by atoms with van der Waals surface area (Å²) in [6.07, 6.45) is -4.55. The van der Waals surface area contributed by atoms with E-state index in [1.54, 1.807) is 14.0 Å². The van der Waals surface area contributed by atoms with Gasteiger partial charge in [0.2, 0.25) is 0 Å². The van der Waals surface area contributed by atoms with Crippen molar-refractivity contribution in [2.24, 2.45) is 0 Å². The highest BCUT2D eigenvalue weighted by molar-refractivity contribution is 8.13. The molecule has 1 nitrogen and oxygen atoms in total. The molecule has 0 aliphatic carbocycles. The van der Waals surface area contributed by atoms with Crippen molar-refractivity contribution in [3.8, 4) is 0 Å². The highest BCUT2D eigenvalue weighted by Crippen LogP contribution is 2.39. The lowest BCUT2D eigenvalue weighted by Crippen LogP contribution is -2.26. The molecule has 0 radical (unpaired) electrons. The van der Waals surface area contributed by atoms with E-state index in [0.717, 1.165) is 12.1 Å². The van der Waals surface area contributed by atoms with Gasteiger partial charge in [0.05, 0.1) is 5.56 Å². The Balaban J connectivity index is 3.16. The molecule has 0 aliphatic heterocycles. The van der Waals surface area contributed by atoms with Gasteiger partial charge in [0.1, 0.15) is 5.82 Å². The maximum Gasteiger partial charge on any atom is 0.416 e. The minimum Gasteiger partial charge on any atom is -0.252 e. The van der Waals surface area contributed by atoms with Crippen LogP contribution in [0.3, 0.4) is 0 Å². The summed E-state index contributed by atoms with van der Waals surface area (Å²) in [5, 5.41) is 0. The quantitative estimate of drug-likeness (QED) is 0.542. The zero-order valence-electron chi connectivity index (χ0n) is 12.9. The van der Waals surface area contributed by atoms with Gasteiger partial charge in [-0.25, -0.2) is 4.39 Å². The van der Waals surface area contributed by atoms with Crippen LogP contribution in [0.4, 0.5) is 17.6 Å². The molecule has 0 saturated carbocycles. The van der Waals surface area contributed by atoms with E-state index in [0.29, 0.717) is 11.6 Å². The van der Waals surface area contributed by atoms with Crippen LogP contribution in [0.15, 0.2) is 18.2 Å². The van der Waals surface area contributed by atoms with Crippen LogP contribution in [-0.4, -0.2) is 22.0 Å². The summed E-state index contributed by atoms with van der Waals surface area (Å²) in [6.45, 7) is 7.79. The van der Waals surface area contributed by atoms with Crippen LogP contribution >= 0.6 is 10.7 Å². The highest BCUT2D eigenvalue weighted by Gasteiger charge is 2.32. The van der Waals surface area contributed by atoms with E-state index in [2.05, 4.69) is 5.87 Å². The van der Waals surface area contributed by atoms with Gasteiger partial charge in [-0.05, 0) is 37.7 Å². The number of hydrogen-bond donors (Lipinski definition) is 0. The van der Waals surface area contributed by atoms with Crippen molar-refractivity contribution in [3.63, 3.8) is 0 Å². The van der Waals surface area contributed by atoms with Gasteiger partial charge in [-0.1, -0.05) is 26.6 Å². The average molecular weight is 323 g/mol. The number of nitrogens with zero attached hydrogens (tertiary/aromatic N) is 1. The van der Waals surface area contributed by atoms with Crippen LogP contribution in [-0.2, 0) is 6.18 Å². The fourth-order valence-corrected chi connectivity index (χ4v) is 3.22. The molecule has 21 heavy (non-hydrogen) atoms. The number of alkyl halides is 3. The van der Waals surface area contributed by atoms with Gasteiger partial charge in [-0.3, -0.25) is 4.31 Å². The van der Waals surface area contributed by atoms with Gasteiger partial charge in [0.15, 0.2) is 0 Å². The van der Waals surface area contributed by atoms with Gasteiger partial charge < -0.3 is 0 Å². The molecule has 0 fully saturated rings. The summed E-state index contributed by atoms with van der Waals surface area (Å²) in [6, 6.07) is 2.31. The fourth-order valence-electron chi connectivity index (χ4n) is 1.85. The first-order valence-corrected chi connectivity index (χ1v) is 7.84. The molecular weight excluding hydrogens is 302 g/mol. The van der Waals surface area contributed by atoms with E-state index < -0.39 is 28.2 Å². The Kier molecular flexibility index (Phi) is 5.26. The predicted molar refractivity (Wildman–Crippen MR) is 82.0 cm³/mol. The number of benzene rings is 1. The van der Waals surface area contributed by atoms with Gasteiger partial charge in [0, 0.05) is 10.8 Å². The Labute approximate surface area is 126 Å². The van der Waals surface area contributed by atoms with Gasteiger partial charge in [-0.15, -0.1) is 10.7 Å². The average Bonchev–Trinajstić information content (AvgIpc) is 2.33. The molecular formula is C15H21F4NS. The van der Waals surface area contributed by atoms with Gasteiger partial charge >= 0.3 is 6.18 Å². The molecule has 0 unspecified atom stereocenters. The first kappa shape index (κ1) is 18.2. The lowest BCUT2D eigenvalue weighted by molar-refractivity contribution is -0.137. The summed E-state index contributed by atoms with van der Waals surface area (Å²) in [5.74, 6) is 3.21. The van der Waals surface area contributed by atoms with E-state index in [1.165, 1.54) is 0 Å². The summed E-state index contributed by atoms with van der Waals surface area (Å²) in [7, 11) is 1.38. The maximum atomic E-state index is 13.5.